The van der Waals surface area contributed by atoms with Crippen LogP contribution in [0.4, 0.5) is 0 Å². The molecule has 2 rings (SSSR count). The van der Waals surface area contributed by atoms with Crippen LogP contribution >= 0.6 is 23.2 Å². The molecule has 0 saturated heterocycles. The van der Waals surface area contributed by atoms with Crippen LogP contribution < -0.4 is 10.1 Å². The number of aryl methyl sites for hydroxylation is 1. The fourth-order valence-electron chi connectivity index (χ4n) is 2.06. The third-order valence-corrected chi connectivity index (χ3v) is 3.79. The highest BCUT2D eigenvalue weighted by molar-refractivity contribution is 6.35. The highest BCUT2D eigenvalue weighted by Crippen LogP contribution is 2.28. The molecule has 0 aliphatic rings. The number of benzene rings is 2. The second kappa shape index (κ2) is 6.98. The van der Waals surface area contributed by atoms with E-state index in [2.05, 4.69) is 5.32 Å². The zero-order valence-electron chi connectivity index (χ0n) is 11.5. The van der Waals surface area contributed by atoms with Gasteiger partial charge in [0.25, 0.3) is 0 Å². The van der Waals surface area contributed by atoms with Crippen LogP contribution in [0.5, 0.6) is 5.75 Å². The van der Waals surface area contributed by atoms with E-state index >= 15 is 0 Å². The van der Waals surface area contributed by atoms with E-state index in [0.717, 1.165) is 29.0 Å². The third-order valence-electron chi connectivity index (χ3n) is 3.08. The van der Waals surface area contributed by atoms with Crippen LogP contribution in [-0.4, -0.2) is 7.05 Å². The van der Waals surface area contributed by atoms with Crippen molar-refractivity contribution in [1.82, 2.24) is 5.32 Å². The Hall–Kier alpha value is -1.22. The average molecular weight is 310 g/mol. The Balaban J connectivity index is 2.23. The molecule has 0 fully saturated rings. The quantitative estimate of drug-likeness (QED) is 0.871. The molecule has 20 heavy (non-hydrogen) atoms. The first kappa shape index (κ1) is 15.2. The molecule has 1 N–H and O–H groups in total. The molecule has 0 heterocycles. The number of para-hydroxylation sites is 1. The maximum atomic E-state index is 6.16. The van der Waals surface area contributed by atoms with Crippen molar-refractivity contribution in [2.24, 2.45) is 0 Å². The second-order valence-electron chi connectivity index (χ2n) is 4.58. The van der Waals surface area contributed by atoms with Gasteiger partial charge in [0.05, 0.1) is 0 Å². The van der Waals surface area contributed by atoms with E-state index in [1.165, 1.54) is 0 Å². The van der Waals surface area contributed by atoms with E-state index < -0.39 is 0 Å². The lowest BCUT2D eigenvalue weighted by Crippen LogP contribution is -2.08. The number of nitrogens with one attached hydrogen (secondary N) is 1. The molecule has 2 aromatic rings. The number of hydrogen-bond donors (Lipinski definition) is 1. The molecule has 0 radical (unpaired) electrons. The van der Waals surface area contributed by atoms with Crippen molar-refractivity contribution in [3.05, 3.63) is 63.1 Å². The van der Waals surface area contributed by atoms with Crippen molar-refractivity contribution < 1.29 is 4.74 Å². The van der Waals surface area contributed by atoms with Gasteiger partial charge in [0.2, 0.25) is 0 Å². The van der Waals surface area contributed by atoms with Gasteiger partial charge in [0.1, 0.15) is 12.4 Å². The predicted octanol–water partition coefficient (Wildman–Crippen LogP) is 4.60. The Morgan fingerprint density at radius 1 is 1.05 bits per heavy atom. The second-order valence-corrected chi connectivity index (χ2v) is 5.40. The lowest BCUT2D eigenvalue weighted by atomic mass is 10.1. The Morgan fingerprint density at radius 2 is 1.70 bits per heavy atom. The number of ether oxygens (including phenoxy) is 1. The van der Waals surface area contributed by atoms with Gasteiger partial charge in [-0.25, -0.2) is 0 Å². The first-order valence-electron chi connectivity index (χ1n) is 6.42. The minimum absolute atomic E-state index is 0.361. The number of halogens is 2. The molecule has 0 bridgehead atoms. The highest BCUT2D eigenvalue weighted by Gasteiger charge is 2.10. The summed E-state index contributed by atoms with van der Waals surface area (Å²) in [4.78, 5) is 0. The van der Waals surface area contributed by atoms with Crippen LogP contribution in [0.3, 0.4) is 0 Å². The van der Waals surface area contributed by atoms with Crippen LogP contribution in [0.15, 0.2) is 36.4 Å². The SMILES string of the molecule is CNCc1cccc(C)c1OCc1c(Cl)cccc1Cl. The molecule has 0 aromatic heterocycles. The Morgan fingerprint density at radius 3 is 2.35 bits per heavy atom. The topological polar surface area (TPSA) is 21.3 Å². The van der Waals surface area contributed by atoms with Gasteiger partial charge >= 0.3 is 0 Å². The van der Waals surface area contributed by atoms with E-state index in [1.807, 2.05) is 50.4 Å². The molecule has 0 aliphatic carbocycles. The molecule has 2 aromatic carbocycles. The molecule has 2 nitrogen and oxygen atoms in total. The van der Waals surface area contributed by atoms with Gasteiger partial charge in [-0.15, -0.1) is 0 Å². The summed E-state index contributed by atoms with van der Waals surface area (Å²) in [5, 5.41) is 4.39. The molecule has 0 spiro atoms. The van der Waals surface area contributed by atoms with Crippen molar-refractivity contribution in [3.63, 3.8) is 0 Å². The maximum Gasteiger partial charge on any atom is 0.127 e. The normalized spacial score (nSPS) is 10.6. The van der Waals surface area contributed by atoms with Crippen molar-refractivity contribution in [2.75, 3.05) is 7.05 Å². The van der Waals surface area contributed by atoms with Crippen molar-refractivity contribution in [3.8, 4) is 5.75 Å². The standard InChI is InChI=1S/C16H17Cl2NO/c1-11-5-3-6-12(9-19-2)16(11)20-10-13-14(17)7-4-8-15(13)18/h3-8,19H,9-10H2,1-2H3. The van der Waals surface area contributed by atoms with Gasteiger partial charge in [-0.3, -0.25) is 0 Å². The molecule has 0 saturated carbocycles. The van der Waals surface area contributed by atoms with Gasteiger partial charge in [-0.2, -0.15) is 0 Å². The Kier molecular flexibility index (Phi) is 5.30. The van der Waals surface area contributed by atoms with E-state index in [0.29, 0.717) is 16.7 Å². The summed E-state index contributed by atoms with van der Waals surface area (Å²) in [7, 11) is 1.91. The lowest BCUT2D eigenvalue weighted by molar-refractivity contribution is 0.300. The first-order chi connectivity index (χ1) is 9.63. The fourth-order valence-corrected chi connectivity index (χ4v) is 2.57. The van der Waals surface area contributed by atoms with Gasteiger partial charge in [0, 0.05) is 27.7 Å². The largest absolute Gasteiger partial charge is 0.488 e. The molecule has 106 valence electrons. The van der Waals surface area contributed by atoms with Crippen LogP contribution in [0.25, 0.3) is 0 Å². The van der Waals surface area contributed by atoms with Crippen molar-refractivity contribution in [2.45, 2.75) is 20.1 Å². The predicted molar refractivity (Wildman–Crippen MR) is 84.7 cm³/mol. The van der Waals surface area contributed by atoms with Crippen molar-refractivity contribution in [1.29, 1.82) is 0 Å². The highest BCUT2D eigenvalue weighted by atomic mass is 35.5. The van der Waals surface area contributed by atoms with Crippen LogP contribution in [-0.2, 0) is 13.2 Å². The summed E-state index contributed by atoms with van der Waals surface area (Å²) >= 11 is 12.3. The Bertz CT molecular complexity index is 579. The third kappa shape index (κ3) is 3.45. The molecule has 0 unspecified atom stereocenters. The summed E-state index contributed by atoms with van der Waals surface area (Å²) in [5.74, 6) is 0.887. The van der Waals surface area contributed by atoms with Gasteiger partial charge in [-0.05, 0) is 31.7 Å². The van der Waals surface area contributed by atoms with Gasteiger partial charge in [-0.1, -0.05) is 47.5 Å². The summed E-state index contributed by atoms with van der Waals surface area (Å²) in [5.41, 5.74) is 3.03. The molecule has 0 amide bonds. The molecular formula is C16H17Cl2NO. The van der Waals surface area contributed by atoms with E-state index in [9.17, 15) is 0 Å². The minimum atomic E-state index is 0.361. The average Bonchev–Trinajstić information content (AvgIpc) is 2.41. The maximum absolute atomic E-state index is 6.16. The fraction of sp³-hybridized carbons (Fsp3) is 0.250. The summed E-state index contributed by atoms with van der Waals surface area (Å²) < 4.78 is 5.96. The van der Waals surface area contributed by atoms with E-state index in [-0.39, 0.29) is 0 Å². The monoisotopic (exact) mass is 309 g/mol. The summed E-state index contributed by atoms with van der Waals surface area (Å²) in [6, 6.07) is 11.6. The number of hydrogen-bond acceptors (Lipinski definition) is 2. The molecule has 0 aliphatic heterocycles. The minimum Gasteiger partial charge on any atom is -0.488 e. The Labute approximate surface area is 129 Å². The van der Waals surface area contributed by atoms with Crippen LogP contribution in [0, 0.1) is 6.92 Å². The first-order valence-corrected chi connectivity index (χ1v) is 7.18. The zero-order chi connectivity index (χ0) is 14.5. The molecule has 4 heteroatoms. The smallest absolute Gasteiger partial charge is 0.127 e. The van der Waals surface area contributed by atoms with Gasteiger partial charge < -0.3 is 10.1 Å². The van der Waals surface area contributed by atoms with Crippen molar-refractivity contribution >= 4 is 23.2 Å². The summed E-state index contributed by atoms with van der Waals surface area (Å²) in [6.07, 6.45) is 0. The zero-order valence-corrected chi connectivity index (χ0v) is 13.1. The lowest BCUT2D eigenvalue weighted by Gasteiger charge is -2.15. The van der Waals surface area contributed by atoms with Crippen LogP contribution in [0.1, 0.15) is 16.7 Å². The van der Waals surface area contributed by atoms with Crippen LogP contribution in [0.2, 0.25) is 10.0 Å². The summed E-state index contributed by atoms with van der Waals surface area (Å²) in [6.45, 7) is 3.15. The van der Waals surface area contributed by atoms with Gasteiger partial charge in [0.15, 0.2) is 0 Å². The molecular weight excluding hydrogens is 293 g/mol. The van der Waals surface area contributed by atoms with E-state index in [4.69, 9.17) is 27.9 Å². The number of rotatable bonds is 5. The van der Waals surface area contributed by atoms with E-state index in [1.54, 1.807) is 0 Å². The molecule has 0 atom stereocenters.